The van der Waals surface area contributed by atoms with Crippen molar-refractivity contribution in [3.05, 3.63) is 11.8 Å². The molecule has 0 aromatic carbocycles. The smallest absolute Gasteiger partial charge is 0.224 e. The van der Waals surface area contributed by atoms with Crippen LogP contribution in [0.1, 0.15) is 37.8 Å². The summed E-state index contributed by atoms with van der Waals surface area (Å²) in [6, 6.07) is 2.00. The summed E-state index contributed by atoms with van der Waals surface area (Å²) in [7, 11) is 0. The molecule has 138 valence electrons. The Balaban J connectivity index is 1.42. The average Bonchev–Trinajstić information content (AvgIpc) is 3.12. The number of amides is 1. The monoisotopic (exact) mass is 347 g/mol. The third kappa shape index (κ3) is 5.56. The number of anilines is 2. The summed E-state index contributed by atoms with van der Waals surface area (Å²) in [6.07, 6.45) is 5.62. The molecule has 0 spiro atoms. The zero-order chi connectivity index (χ0) is 17.5. The second-order valence-corrected chi connectivity index (χ2v) is 6.92. The zero-order valence-corrected chi connectivity index (χ0v) is 15.1. The van der Waals surface area contributed by atoms with E-state index in [2.05, 4.69) is 25.5 Å². The molecule has 0 radical (unpaired) electrons. The van der Waals surface area contributed by atoms with Crippen molar-refractivity contribution in [3.8, 4) is 0 Å². The minimum absolute atomic E-state index is 0.160. The number of ether oxygens (including phenoxy) is 1. The Morgan fingerprint density at radius 2 is 2.00 bits per heavy atom. The predicted molar refractivity (Wildman–Crippen MR) is 97.9 cm³/mol. The molecule has 1 saturated heterocycles. The number of hydrogen-bond acceptors (Lipinski definition) is 6. The van der Waals surface area contributed by atoms with E-state index in [-0.39, 0.29) is 5.91 Å². The van der Waals surface area contributed by atoms with Crippen molar-refractivity contribution >= 4 is 17.7 Å². The molecule has 2 N–H and O–H groups in total. The lowest BCUT2D eigenvalue weighted by molar-refractivity contribution is -0.121. The van der Waals surface area contributed by atoms with E-state index in [0.717, 1.165) is 37.8 Å². The molecule has 1 aliphatic carbocycles. The van der Waals surface area contributed by atoms with Gasteiger partial charge in [0, 0.05) is 44.4 Å². The van der Waals surface area contributed by atoms with Crippen molar-refractivity contribution in [1.82, 2.24) is 15.3 Å². The fourth-order valence-corrected chi connectivity index (χ4v) is 3.51. The van der Waals surface area contributed by atoms with E-state index in [1.54, 1.807) is 0 Å². The second kappa shape index (κ2) is 8.99. The van der Waals surface area contributed by atoms with Gasteiger partial charge in [0.25, 0.3) is 0 Å². The van der Waals surface area contributed by atoms with Crippen LogP contribution in [0.25, 0.3) is 0 Å². The van der Waals surface area contributed by atoms with Crippen molar-refractivity contribution in [2.24, 2.45) is 5.92 Å². The zero-order valence-electron chi connectivity index (χ0n) is 15.1. The molecule has 7 nitrogen and oxygen atoms in total. The van der Waals surface area contributed by atoms with Gasteiger partial charge in [-0.25, -0.2) is 4.98 Å². The normalized spacial score (nSPS) is 18.4. The molecule has 2 aliphatic rings. The van der Waals surface area contributed by atoms with Crippen molar-refractivity contribution in [2.75, 3.05) is 49.6 Å². The maximum absolute atomic E-state index is 11.9. The lowest BCUT2D eigenvalue weighted by atomic mass is 10.0. The molecule has 2 heterocycles. The summed E-state index contributed by atoms with van der Waals surface area (Å²) in [5.41, 5.74) is 0.935. The lowest BCUT2D eigenvalue weighted by Crippen LogP contribution is -2.37. The number of carbonyl (C=O) groups is 1. The number of aromatic nitrogens is 2. The van der Waals surface area contributed by atoms with E-state index in [1.165, 1.54) is 25.7 Å². The lowest BCUT2D eigenvalue weighted by Gasteiger charge is -2.28. The molecular formula is C18H29N5O2. The van der Waals surface area contributed by atoms with Crippen LogP contribution in [0, 0.1) is 12.8 Å². The number of rotatable bonds is 7. The topological polar surface area (TPSA) is 79.4 Å². The molecule has 1 aromatic heterocycles. The fraction of sp³-hybridized carbons (Fsp3) is 0.722. The van der Waals surface area contributed by atoms with Crippen molar-refractivity contribution in [1.29, 1.82) is 0 Å². The number of morpholine rings is 1. The molecule has 0 unspecified atom stereocenters. The van der Waals surface area contributed by atoms with Crippen LogP contribution in [0.2, 0.25) is 0 Å². The van der Waals surface area contributed by atoms with E-state index >= 15 is 0 Å². The first-order valence-corrected chi connectivity index (χ1v) is 9.39. The van der Waals surface area contributed by atoms with Gasteiger partial charge in [0.1, 0.15) is 5.82 Å². The number of aryl methyl sites for hydroxylation is 1. The van der Waals surface area contributed by atoms with Crippen molar-refractivity contribution in [3.63, 3.8) is 0 Å². The fourth-order valence-electron chi connectivity index (χ4n) is 3.51. The Morgan fingerprint density at radius 3 is 2.76 bits per heavy atom. The highest BCUT2D eigenvalue weighted by Gasteiger charge is 2.18. The van der Waals surface area contributed by atoms with Gasteiger partial charge in [-0.2, -0.15) is 4.98 Å². The van der Waals surface area contributed by atoms with Crippen LogP contribution in [0.15, 0.2) is 6.07 Å². The van der Waals surface area contributed by atoms with E-state index in [0.29, 0.717) is 31.4 Å². The van der Waals surface area contributed by atoms with Gasteiger partial charge in [-0.3, -0.25) is 4.79 Å². The first-order chi connectivity index (χ1) is 12.2. The van der Waals surface area contributed by atoms with Crippen LogP contribution in [0.4, 0.5) is 11.8 Å². The summed E-state index contributed by atoms with van der Waals surface area (Å²) >= 11 is 0. The molecule has 0 bridgehead atoms. The standard InChI is InChI=1S/C18H29N5O2/c1-14-12-16(23-8-10-25-11-9-23)22-18(21-14)20-7-6-19-17(24)13-15-4-2-3-5-15/h12,15H,2-11,13H2,1H3,(H,19,24)(H,20,21,22). The Hall–Kier alpha value is -1.89. The van der Waals surface area contributed by atoms with Gasteiger partial charge in [0.05, 0.1) is 13.2 Å². The maximum atomic E-state index is 11.9. The molecule has 3 rings (SSSR count). The van der Waals surface area contributed by atoms with Gasteiger partial charge < -0.3 is 20.3 Å². The molecule has 7 heteroatoms. The van der Waals surface area contributed by atoms with Crippen LogP contribution >= 0.6 is 0 Å². The summed E-state index contributed by atoms with van der Waals surface area (Å²) < 4.78 is 5.39. The summed E-state index contributed by atoms with van der Waals surface area (Å²) in [5.74, 6) is 2.30. The van der Waals surface area contributed by atoms with Crippen molar-refractivity contribution < 1.29 is 9.53 Å². The van der Waals surface area contributed by atoms with Gasteiger partial charge in [-0.05, 0) is 25.7 Å². The van der Waals surface area contributed by atoms with E-state index in [4.69, 9.17) is 4.74 Å². The Labute approximate surface area is 149 Å². The molecule has 1 saturated carbocycles. The van der Waals surface area contributed by atoms with E-state index < -0.39 is 0 Å². The van der Waals surface area contributed by atoms with Crippen LogP contribution in [-0.4, -0.2) is 55.3 Å². The van der Waals surface area contributed by atoms with Crippen LogP contribution < -0.4 is 15.5 Å². The number of hydrogen-bond donors (Lipinski definition) is 2. The third-order valence-electron chi connectivity index (χ3n) is 4.85. The quantitative estimate of drug-likeness (QED) is 0.731. The average molecular weight is 347 g/mol. The Bertz CT molecular complexity index is 569. The number of carbonyl (C=O) groups excluding carboxylic acids is 1. The first-order valence-electron chi connectivity index (χ1n) is 9.39. The first kappa shape index (κ1) is 17.9. The van der Waals surface area contributed by atoms with Gasteiger partial charge in [0.2, 0.25) is 11.9 Å². The number of nitrogens with one attached hydrogen (secondary N) is 2. The molecular weight excluding hydrogens is 318 g/mol. The summed E-state index contributed by atoms with van der Waals surface area (Å²) in [5, 5.41) is 6.21. The van der Waals surface area contributed by atoms with Crippen LogP contribution in [0.5, 0.6) is 0 Å². The maximum Gasteiger partial charge on any atom is 0.224 e. The molecule has 25 heavy (non-hydrogen) atoms. The number of nitrogens with zero attached hydrogens (tertiary/aromatic N) is 3. The second-order valence-electron chi connectivity index (χ2n) is 6.92. The minimum Gasteiger partial charge on any atom is -0.378 e. The van der Waals surface area contributed by atoms with Crippen molar-refractivity contribution in [2.45, 2.75) is 39.0 Å². The van der Waals surface area contributed by atoms with E-state index in [9.17, 15) is 4.79 Å². The molecule has 2 fully saturated rings. The SMILES string of the molecule is Cc1cc(N2CCOCC2)nc(NCCNC(=O)CC2CCCC2)n1. The molecule has 1 aromatic rings. The highest BCUT2D eigenvalue weighted by molar-refractivity contribution is 5.76. The summed E-state index contributed by atoms with van der Waals surface area (Å²) in [4.78, 5) is 23.2. The molecule has 1 amide bonds. The highest BCUT2D eigenvalue weighted by Crippen LogP contribution is 2.27. The van der Waals surface area contributed by atoms with Gasteiger partial charge in [-0.15, -0.1) is 0 Å². The van der Waals surface area contributed by atoms with E-state index in [1.807, 2.05) is 13.0 Å². The third-order valence-corrected chi connectivity index (χ3v) is 4.85. The highest BCUT2D eigenvalue weighted by atomic mass is 16.5. The van der Waals surface area contributed by atoms with Crippen LogP contribution in [0.3, 0.4) is 0 Å². The largest absolute Gasteiger partial charge is 0.378 e. The van der Waals surface area contributed by atoms with Gasteiger partial charge in [0.15, 0.2) is 0 Å². The molecule has 1 aliphatic heterocycles. The predicted octanol–water partition coefficient (Wildman–Crippen LogP) is 1.73. The summed E-state index contributed by atoms with van der Waals surface area (Å²) in [6.45, 7) is 6.37. The Kier molecular flexibility index (Phi) is 6.44. The van der Waals surface area contributed by atoms with Gasteiger partial charge in [-0.1, -0.05) is 12.8 Å². The van der Waals surface area contributed by atoms with Gasteiger partial charge >= 0.3 is 0 Å². The minimum atomic E-state index is 0.160. The Morgan fingerprint density at radius 1 is 1.24 bits per heavy atom. The molecule has 0 atom stereocenters. The van der Waals surface area contributed by atoms with Crippen LogP contribution in [-0.2, 0) is 9.53 Å².